The summed E-state index contributed by atoms with van der Waals surface area (Å²) in [4.78, 5) is 12.5. The number of ketones is 1. The third kappa shape index (κ3) is 2.52. The van der Waals surface area contributed by atoms with Crippen molar-refractivity contribution in [1.82, 2.24) is 0 Å². The lowest BCUT2D eigenvalue weighted by atomic mass is 10.1. The topological polar surface area (TPSA) is 17.1 Å². The summed E-state index contributed by atoms with van der Waals surface area (Å²) in [6, 6.07) is 1.98. The fraction of sp³-hybridized carbons (Fsp3) is 0.364. The van der Waals surface area contributed by atoms with Gasteiger partial charge in [0, 0.05) is 6.42 Å². The van der Waals surface area contributed by atoms with E-state index in [0.717, 1.165) is 22.4 Å². The largest absolute Gasteiger partial charge is 0.293 e. The van der Waals surface area contributed by atoms with Gasteiger partial charge in [0.2, 0.25) is 0 Å². The van der Waals surface area contributed by atoms with Crippen LogP contribution < -0.4 is 0 Å². The van der Waals surface area contributed by atoms with Gasteiger partial charge in [0.1, 0.15) is 0 Å². The average molecular weight is 194 g/mol. The Balaban J connectivity index is 2.69. The molecule has 0 aliphatic heterocycles. The van der Waals surface area contributed by atoms with Crippen molar-refractivity contribution in [1.29, 1.82) is 0 Å². The fourth-order valence-corrected chi connectivity index (χ4v) is 1.96. The van der Waals surface area contributed by atoms with E-state index < -0.39 is 0 Å². The van der Waals surface area contributed by atoms with Crippen LogP contribution in [-0.2, 0) is 0 Å². The predicted octanol–water partition coefficient (Wildman–Crippen LogP) is 3.60. The molecule has 0 aromatic carbocycles. The Hall–Kier alpha value is -0.890. The maximum atomic E-state index is 11.6. The molecule has 0 unspecified atom stereocenters. The number of rotatable bonds is 4. The summed E-state index contributed by atoms with van der Waals surface area (Å²) in [7, 11) is 0. The molecule has 0 fully saturated rings. The highest BCUT2D eigenvalue weighted by atomic mass is 32.1. The van der Waals surface area contributed by atoms with Gasteiger partial charge >= 0.3 is 0 Å². The molecular weight excluding hydrogens is 180 g/mol. The first-order valence-electron chi connectivity index (χ1n) is 4.39. The molecule has 1 rings (SSSR count). The number of hydrogen-bond donors (Lipinski definition) is 0. The van der Waals surface area contributed by atoms with Gasteiger partial charge < -0.3 is 0 Å². The van der Waals surface area contributed by atoms with Gasteiger partial charge in [-0.3, -0.25) is 4.79 Å². The minimum Gasteiger partial charge on any atom is -0.293 e. The monoisotopic (exact) mass is 194 g/mol. The average Bonchev–Trinajstić information content (AvgIpc) is 2.51. The van der Waals surface area contributed by atoms with E-state index in [4.69, 9.17) is 0 Å². The van der Waals surface area contributed by atoms with Crippen LogP contribution in [0.3, 0.4) is 0 Å². The quantitative estimate of drug-likeness (QED) is 0.528. The predicted molar refractivity (Wildman–Crippen MR) is 57.4 cm³/mol. The molecule has 0 amide bonds. The van der Waals surface area contributed by atoms with E-state index in [0.29, 0.717) is 6.42 Å². The smallest absolute Gasteiger partial charge is 0.177 e. The zero-order valence-electron chi connectivity index (χ0n) is 8.09. The van der Waals surface area contributed by atoms with Crippen molar-refractivity contribution in [3.8, 4) is 0 Å². The number of Topliss-reactive ketones (excluding diaryl/α,β-unsaturated/α-hetero) is 1. The number of allylic oxidation sites excluding steroid dienone is 1. The van der Waals surface area contributed by atoms with E-state index in [2.05, 4.69) is 6.58 Å². The van der Waals surface area contributed by atoms with Gasteiger partial charge in [-0.15, -0.1) is 11.3 Å². The lowest BCUT2D eigenvalue weighted by molar-refractivity contribution is 0.0995. The number of aryl methyl sites for hydroxylation is 1. The molecule has 0 saturated heterocycles. The Labute approximate surface area is 83.1 Å². The molecule has 0 spiro atoms. The van der Waals surface area contributed by atoms with E-state index in [1.54, 1.807) is 0 Å². The zero-order valence-corrected chi connectivity index (χ0v) is 8.91. The molecule has 13 heavy (non-hydrogen) atoms. The molecule has 1 aromatic heterocycles. The minimum atomic E-state index is 0.208. The number of carbonyl (C=O) groups excluding carboxylic acids is 1. The number of hydrogen-bond acceptors (Lipinski definition) is 2. The molecule has 0 saturated carbocycles. The maximum Gasteiger partial charge on any atom is 0.177 e. The van der Waals surface area contributed by atoms with Crippen LogP contribution in [0.1, 0.15) is 35.0 Å². The van der Waals surface area contributed by atoms with Crippen LogP contribution in [0.25, 0.3) is 0 Å². The van der Waals surface area contributed by atoms with Crippen LogP contribution in [0.4, 0.5) is 0 Å². The molecule has 70 valence electrons. The van der Waals surface area contributed by atoms with Crippen molar-refractivity contribution in [3.63, 3.8) is 0 Å². The minimum absolute atomic E-state index is 0.208. The van der Waals surface area contributed by atoms with Crippen molar-refractivity contribution in [2.24, 2.45) is 0 Å². The van der Waals surface area contributed by atoms with Gasteiger partial charge in [-0.05, 0) is 30.4 Å². The molecular formula is C11H14OS. The highest BCUT2D eigenvalue weighted by Gasteiger charge is 2.10. The number of carbonyl (C=O) groups is 1. The van der Waals surface area contributed by atoms with Crippen LogP contribution in [0.5, 0.6) is 0 Å². The molecule has 1 aromatic rings. The summed E-state index contributed by atoms with van der Waals surface area (Å²) in [5.41, 5.74) is 2.09. The number of thiophene rings is 1. The van der Waals surface area contributed by atoms with Gasteiger partial charge in [0.25, 0.3) is 0 Å². The SMILES string of the molecule is C=C(CC)CC(=O)c1sccc1C. The van der Waals surface area contributed by atoms with Crippen molar-refractivity contribution in [2.45, 2.75) is 26.7 Å². The summed E-state index contributed by atoms with van der Waals surface area (Å²) in [5, 5.41) is 1.96. The van der Waals surface area contributed by atoms with Crippen LogP contribution in [0.2, 0.25) is 0 Å². The van der Waals surface area contributed by atoms with Crippen molar-refractivity contribution >= 4 is 17.1 Å². The highest BCUT2D eigenvalue weighted by Crippen LogP contribution is 2.19. The van der Waals surface area contributed by atoms with Gasteiger partial charge in [-0.25, -0.2) is 0 Å². The van der Waals surface area contributed by atoms with Crippen LogP contribution in [0.15, 0.2) is 23.6 Å². The molecule has 0 N–H and O–H groups in total. The second kappa shape index (κ2) is 4.38. The molecule has 0 radical (unpaired) electrons. The van der Waals surface area contributed by atoms with E-state index >= 15 is 0 Å². The van der Waals surface area contributed by atoms with Gasteiger partial charge in [0.15, 0.2) is 5.78 Å². The highest BCUT2D eigenvalue weighted by molar-refractivity contribution is 7.12. The Kier molecular flexibility index (Phi) is 3.43. The van der Waals surface area contributed by atoms with E-state index in [1.165, 1.54) is 11.3 Å². The zero-order chi connectivity index (χ0) is 9.84. The second-order valence-electron chi connectivity index (χ2n) is 3.14. The molecule has 0 atom stereocenters. The van der Waals surface area contributed by atoms with Crippen molar-refractivity contribution in [3.05, 3.63) is 34.0 Å². The first-order valence-corrected chi connectivity index (χ1v) is 5.27. The van der Waals surface area contributed by atoms with E-state index in [1.807, 2.05) is 25.3 Å². The van der Waals surface area contributed by atoms with E-state index in [9.17, 15) is 4.79 Å². The van der Waals surface area contributed by atoms with Crippen LogP contribution in [0, 0.1) is 6.92 Å². The molecule has 1 nitrogen and oxygen atoms in total. The first kappa shape index (κ1) is 10.2. The first-order chi connectivity index (χ1) is 6.15. The fourth-order valence-electron chi connectivity index (χ4n) is 1.09. The Bertz CT molecular complexity index is 323. The Morgan fingerprint density at radius 2 is 2.31 bits per heavy atom. The summed E-state index contributed by atoms with van der Waals surface area (Å²) in [6.07, 6.45) is 1.38. The summed E-state index contributed by atoms with van der Waals surface area (Å²) >= 11 is 1.52. The lowest BCUT2D eigenvalue weighted by Crippen LogP contribution is -1.98. The maximum absolute atomic E-state index is 11.6. The Morgan fingerprint density at radius 1 is 1.62 bits per heavy atom. The van der Waals surface area contributed by atoms with Crippen LogP contribution in [-0.4, -0.2) is 5.78 Å². The Morgan fingerprint density at radius 3 is 2.77 bits per heavy atom. The third-order valence-electron chi connectivity index (χ3n) is 2.03. The van der Waals surface area contributed by atoms with Gasteiger partial charge in [0.05, 0.1) is 4.88 Å². The third-order valence-corrected chi connectivity index (χ3v) is 3.08. The second-order valence-corrected chi connectivity index (χ2v) is 4.05. The van der Waals surface area contributed by atoms with Crippen molar-refractivity contribution in [2.75, 3.05) is 0 Å². The normalized spacial score (nSPS) is 10.0. The van der Waals surface area contributed by atoms with Crippen LogP contribution >= 0.6 is 11.3 Å². The molecule has 0 bridgehead atoms. The molecule has 2 heteroatoms. The molecule has 0 aliphatic rings. The summed E-state index contributed by atoms with van der Waals surface area (Å²) in [5.74, 6) is 0.208. The van der Waals surface area contributed by atoms with Crippen molar-refractivity contribution < 1.29 is 4.79 Å². The summed E-state index contributed by atoms with van der Waals surface area (Å²) in [6.45, 7) is 7.83. The van der Waals surface area contributed by atoms with Gasteiger partial charge in [-0.2, -0.15) is 0 Å². The molecule has 0 aliphatic carbocycles. The van der Waals surface area contributed by atoms with Gasteiger partial charge in [-0.1, -0.05) is 19.1 Å². The summed E-state index contributed by atoms with van der Waals surface area (Å²) < 4.78 is 0. The standard InChI is InChI=1S/C11H14OS/c1-4-8(2)7-10(12)11-9(3)5-6-13-11/h5-6H,2,4,7H2,1,3H3. The van der Waals surface area contributed by atoms with E-state index in [-0.39, 0.29) is 5.78 Å². The molecule has 1 heterocycles. The lowest BCUT2D eigenvalue weighted by Gasteiger charge is -2.00.